The minimum Gasteiger partial charge on any atom is -0.260 e. The zero-order valence-electron chi connectivity index (χ0n) is 14.4. The lowest BCUT2D eigenvalue weighted by Gasteiger charge is -2.21. The Labute approximate surface area is 129 Å². The lowest BCUT2D eigenvalue weighted by Crippen LogP contribution is -2.13. The summed E-state index contributed by atoms with van der Waals surface area (Å²) in [5, 5.41) is 0. The summed E-state index contributed by atoms with van der Waals surface area (Å²) in [6.07, 6.45) is 2.00. The van der Waals surface area contributed by atoms with Gasteiger partial charge in [0.2, 0.25) is 0 Å². The molecule has 21 heavy (non-hydrogen) atoms. The lowest BCUT2D eigenvalue weighted by molar-refractivity contribution is 0.569. The molecule has 0 saturated heterocycles. The second kappa shape index (κ2) is 5.29. The Morgan fingerprint density at radius 1 is 0.810 bits per heavy atom. The molecule has 112 valence electrons. The molecule has 1 heteroatoms. The molecule has 0 amide bonds. The normalized spacial score (nSPS) is 12.5. The molecule has 0 aliphatic carbocycles. The highest BCUT2D eigenvalue weighted by Crippen LogP contribution is 2.30. The second-order valence-electron chi connectivity index (χ2n) is 7.96. The van der Waals surface area contributed by atoms with Crippen molar-refractivity contribution in [2.75, 3.05) is 0 Å². The molecular formula is C20H27N. The molecule has 2 rings (SSSR count). The summed E-state index contributed by atoms with van der Waals surface area (Å²) in [6, 6.07) is 11.1. The molecule has 0 unspecified atom stereocenters. The van der Waals surface area contributed by atoms with Crippen molar-refractivity contribution in [2.24, 2.45) is 0 Å². The predicted molar refractivity (Wildman–Crippen MR) is 91.8 cm³/mol. The number of benzene rings is 1. The quantitative estimate of drug-likeness (QED) is 0.658. The van der Waals surface area contributed by atoms with Crippen LogP contribution in [0.1, 0.15) is 58.4 Å². The largest absolute Gasteiger partial charge is 0.260 e. The molecule has 1 aromatic heterocycles. The van der Waals surface area contributed by atoms with Gasteiger partial charge in [-0.05, 0) is 35.1 Å². The third-order valence-electron chi connectivity index (χ3n) is 3.94. The second-order valence-corrected chi connectivity index (χ2v) is 7.96. The van der Waals surface area contributed by atoms with Gasteiger partial charge in [0.05, 0.1) is 0 Å². The summed E-state index contributed by atoms with van der Waals surface area (Å²) in [4.78, 5) is 4.64. The zero-order valence-corrected chi connectivity index (χ0v) is 14.4. The van der Waals surface area contributed by atoms with E-state index in [2.05, 4.69) is 83.8 Å². The molecule has 0 saturated carbocycles. The first-order valence-electron chi connectivity index (χ1n) is 7.67. The van der Waals surface area contributed by atoms with Crippen LogP contribution in [0.2, 0.25) is 0 Å². The van der Waals surface area contributed by atoms with Crippen LogP contribution >= 0.6 is 0 Å². The summed E-state index contributed by atoms with van der Waals surface area (Å²) in [7, 11) is 0. The molecule has 0 N–H and O–H groups in total. The number of aromatic nitrogens is 1. The highest BCUT2D eigenvalue weighted by molar-refractivity contribution is 5.67. The van der Waals surface area contributed by atoms with Crippen molar-refractivity contribution in [3.8, 4) is 11.1 Å². The molecule has 0 spiro atoms. The fraction of sp³-hybridized carbons (Fsp3) is 0.450. The van der Waals surface area contributed by atoms with Crippen molar-refractivity contribution in [2.45, 2.75) is 59.3 Å². The van der Waals surface area contributed by atoms with Gasteiger partial charge in [-0.3, -0.25) is 4.98 Å². The fourth-order valence-electron chi connectivity index (χ4n) is 2.45. The van der Waals surface area contributed by atoms with E-state index in [1.165, 1.54) is 22.3 Å². The average Bonchev–Trinajstić information content (AvgIpc) is 2.36. The molecule has 0 aliphatic rings. The summed E-state index contributed by atoms with van der Waals surface area (Å²) in [5.41, 5.74) is 6.59. The van der Waals surface area contributed by atoms with Crippen LogP contribution in [-0.2, 0) is 10.8 Å². The molecule has 0 fully saturated rings. The van der Waals surface area contributed by atoms with Gasteiger partial charge >= 0.3 is 0 Å². The van der Waals surface area contributed by atoms with Crippen LogP contribution in [0.4, 0.5) is 0 Å². The summed E-state index contributed by atoms with van der Waals surface area (Å²) in [6.45, 7) is 15.5. The van der Waals surface area contributed by atoms with Crippen LogP contribution in [0, 0.1) is 6.92 Å². The number of rotatable bonds is 1. The Morgan fingerprint density at radius 2 is 1.48 bits per heavy atom. The van der Waals surface area contributed by atoms with Crippen molar-refractivity contribution < 1.29 is 0 Å². The van der Waals surface area contributed by atoms with Gasteiger partial charge in [0, 0.05) is 22.9 Å². The van der Waals surface area contributed by atoms with E-state index < -0.39 is 0 Å². The average molecular weight is 281 g/mol. The minimum atomic E-state index is 0.101. The van der Waals surface area contributed by atoms with E-state index in [1.807, 2.05) is 6.20 Å². The highest BCUT2D eigenvalue weighted by atomic mass is 14.7. The maximum absolute atomic E-state index is 4.64. The standard InChI is InChI=1S/C20H27N/c1-14-12-16(19(2,3)4)9-10-17(14)15-8-11-18(21-13-15)20(5,6)7/h8-13H,1-7H3. The van der Waals surface area contributed by atoms with Crippen LogP contribution < -0.4 is 0 Å². The minimum absolute atomic E-state index is 0.101. The van der Waals surface area contributed by atoms with Crippen molar-refractivity contribution in [3.05, 3.63) is 53.3 Å². The van der Waals surface area contributed by atoms with E-state index in [-0.39, 0.29) is 10.8 Å². The molecule has 0 aliphatic heterocycles. The van der Waals surface area contributed by atoms with Crippen LogP contribution in [-0.4, -0.2) is 4.98 Å². The predicted octanol–water partition coefficient (Wildman–Crippen LogP) is 5.65. The van der Waals surface area contributed by atoms with E-state index in [0.29, 0.717) is 0 Å². The monoisotopic (exact) mass is 281 g/mol. The zero-order chi connectivity index (χ0) is 15.8. The first-order chi connectivity index (χ1) is 9.59. The van der Waals surface area contributed by atoms with Gasteiger partial charge in [-0.1, -0.05) is 65.8 Å². The molecule has 2 aromatic rings. The maximum atomic E-state index is 4.64. The summed E-state index contributed by atoms with van der Waals surface area (Å²) >= 11 is 0. The highest BCUT2D eigenvalue weighted by Gasteiger charge is 2.17. The number of nitrogens with zero attached hydrogens (tertiary/aromatic N) is 1. The van der Waals surface area contributed by atoms with Crippen molar-refractivity contribution in [1.82, 2.24) is 4.98 Å². The number of hydrogen-bond acceptors (Lipinski definition) is 1. The first kappa shape index (κ1) is 15.8. The van der Waals surface area contributed by atoms with Gasteiger partial charge in [-0.25, -0.2) is 0 Å². The Balaban J connectivity index is 2.39. The molecular weight excluding hydrogens is 254 g/mol. The number of hydrogen-bond donors (Lipinski definition) is 0. The van der Waals surface area contributed by atoms with Gasteiger partial charge in [-0.2, -0.15) is 0 Å². The molecule has 1 aromatic carbocycles. The van der Waals surface area contributed by atoms with E-state index in [1.54, 1.807) is 0 Å². The van der Waals surface area contributed by atoms with Gasteiger partial charge in [0.15, 0.2) is 0 Å². The van der Waals surface area contributed by atoms with E-state index in [4.69, 9.17) is 0 Å². The molecule has 0 atom stereocenters. The first-order valence-corrected chi connectivity index (χ1v) is 7.67. The maximum Gasteiger partial charge on any atom is 0.0457 e. The van der Waals surface area contributed by atoms with Crippen LogP contribution in [0.5, 0.6) is 0 Å². The number of pyridine rings is 1. The molecule has 1 heterocycles. The van der Waals surface area contributed by atoms with Crippen LogP contribution in [0.3, 0.4) is 0 Å². The van der Waals surface area contributed by atoms with Crippen molar-refractivity contribution in [1.29, 1.82) is 0 Å². The topological polar surface area (TPSA) is 12.9 Å². The lowest BCUT2D eigenvalue weighted by atomic mass is 9.84. The SMILES string of the molecule is Cc1cc(C(C)(C)C)ccc1-c1ccc(C(C)(C)C)nc1. The molecule has 0 radical (unpaired) electrons. The Hall–Kier alpha value is -1.63. The van der Waals surface area contributed by atoms with E-state index in [0.717, 1.165) is 5.69 Å². The van der Waals surface area contributed by atoms with Crippen LogP contribution in [0.25, 0.3) is 11.1 Å². The van der Waals surface area contributed by atoms with Gasteiger partial charge < -0.3 is 0 Å². The van der Waals surface area contributed by atoms with Crippen molar-refractivity contribution in [3.63, 3.8) is 0 Å². The molecule has 0 bridgehead atoms. The third-order valence-corrected chi connectivity index (χ3v) is 3.94. The Kier molecular flexibility index (Phi) is 3.97. The summed E-state index contributed by atoms with van der Waals surface area (Å²) in [5.74, 6) is 0. The van der Waals surface area contributed by atoms with Gasteiger partial charge in [0.25, 0.3) is 0 Å². The Morgan fingerprint density at radius 3 is 1.90 bits per heavy atom. The van der Waals surface area contributed by atoms with E-state index in [9.17, 15) is 0 Å². The third kappa shape index (κ3) is 3.53. The van der Waals surface area contributed by atoms with Crippen LogP contribution in [0.15, 0.2) is 36.5 Å². The van der Waals surface area contributed by atoms with Crippen molar-refractivity contribution >= 4 is 0 Å². The van der Waals surface area contributed by atoms with Gasteiger partial charge in [-0.15, -0.1) is 0 Å². The Bertz CT molecular complexity index is 622. The van der Waals surface area contributed by atoms with E-state index >= 15 is 0 Å². The smallest absolute Gasteiger partial charge is 0.0457 e. The van der Waals surface area contributed by atoms with Gasteiger partial charge in [0.1, 0.15) is 0 Å². The number of aryl methyl sites for hydroxylation is 1. The summed E-state index contributed by atoms with van der Waals surface area (Å²) < 4.78 is 0. The molecule has 1 nitrogen and oxygen atoms in total. The fourth-order valence-corrected chi connectivity index (χ4v) is 2.45.